The zero-order valence-electron chi connectivity index (χ0n) is 20.6. The Morgan fingerprint density at radius 1 is 1.00 bits per heavy atom. The number of piperidine rings is 1. The summed E-state index contributed by atoms with van der Waals surface area (Å²) >= 11 is 0. The Bertz CT molecular complexity index is 1220. The molecule has 0 saturated carbocycles. The number of rotatable bonds is 6. The number of nitrogens with zero attached hydrogens (tertiary/aromatic N) is 3. The van der Waals surface area contributed by atoms with E-state index in [1.165, 1.54) is 30.5 Å². The SMILES string of the molecule is CCN(CC)c1ccc2c(C=Cc3ccc(OC)cc3)cc(=[N+]3CCCCC3)oc2c1.O=[N+]([O-])[O-]. The van der Waals surface area contributed by atoms with Gasteiger partial charge in [-0.05, 0) is 55.7 Å². The molecular formula is C27H33N3O5. The summed E-state index contributed by atoms with van der Waals surface area (Å²) < 4.78 is 14.1. The van der Waals surface area contributed by atoms with Gasteiger partial charge in [0, 0.05) is 43.1 Å². The maximum absolute atomic E-state index is 8.25. The summed E-state index contributed by atoms with van der Waals surface area (Å²) in [5.74, 6) is 0.873. The van der Waals surface area contributed by atoms with Crippen molar-refractivity contribution >= 4 is 28.8 Å². The van der Waals surface area contributed by atoms with E-state index in [1.54, 1.807) is 7.11 Å². The minimum atomic E-state index is -1.75. The van der Waals surface area contributed by atoms with Crippen molar-refractivity contribution in [3.63, 3.8) is 0 Å². The molecule has 0 atom stereocenters. The molecule has 0 radical (unpaired) electrons. The first kappa shape index (κ1) is 25.8. The third-order valence-electron chi connectivity index (χ3n) is 6.14. The molecule has 8 heteroatoms. The van der Waals surface area contributed by atoms with Crippen LogP contribution in [0.3, 0.4) is 0 Å². The van der Waals surface area contributed by atoms with Crippen molar-refractivity contribution < 1.29 is 14.2 Å². The third kappa shape index (κ3) is 7.09. The van der Waals surface area contributed by atoms with Gasteiger partial charge in [0.25, 0.3) is 0 Å². The lowest BCUT2D eigenvalue weighted by Crippen LogP contribution is -2.34. The van der Waals surface area contributed by atoms with Gasteiger partial charge in [0.1, 0.15) is 24.4 Å². The Morgan fingerprint density at radius 3 is 2.26 bits per heavy atom. The van der Waals surface area contributed by atoms with Gasteiger partial charge in [-0.3, -0.25) is 0 Å². The molecule has 2 aromatic carbocycles. The van der Waals surface area contributed by atoms with E-state index < -0.39 is 5.09 Å². The number of ether oxygens (including phenoxy) is 1. The molecule has 4 rings (SSSR count). The molecule has 1 saturated heterocycles. The number of methoxy groups -OCH3 is 1. The fraction of sp³-hybridized carbons (Fsp3) is 0.370. The number of benzene rings is 2. The molecule has 0 amide bonds. The molecule has 1 fully saturated rings. The molecule has 0 spiro atoms. The van der Waals surface area contributed by atoms with Gasteiger partial charge < -0.3 is 29.4 Å². The van der Waals surface area contributed by atoms with Crippen LogP contribution >= 0.6 is 0 Å². The molecule has 186 valence electrons. The summed E-state index contributed by atoms with van der Waals surface area (Å²) in [7, 11) is 1.69. The average molecular weight is 480 g/mol. The predicted molar refractivity (Wildman–Crippen MR) is 141 cm³/mol. The lowest BCUT2D eigenvalue weighted by atomic mass is 10.1. The lowest BCUT2D eigenvalue weighted by Gasteiger charge is -2.21. The highest BCUT2D eigenvalue weighted by atomic mass is 16.9. The van der Waals surface area contributed by atoms with Gasteiger partial charge in [-0.25, -0.2) is 0 Å². The van der Waals surface area contributed by atoms with Crippen molar-refractivity contribution in [1.82, 2.24) is 4.58 Å². The molecule has 1 aliphatic heterocycles. The van der Waals surface area contributed by atoms with E-state index in [9.17, 15) is 0 Å². The smallest absolute Gasteiger partial charge is 0.368 e. The Kier molecular flexibility index (Phi) is 9.29. The first-order valence-corrected chi connectivity index (χ1v) is 12.0. The Hall–Kier alpha value is -3.81. The van der Waals surface area contributed by atoms with E-state index in [-0.39, 0.29) is 0 Å². The molecule has 0 N–H and O–H groups in total. The van der Waals surface area contributed by atoms with E-state index in [0.29, 0.717) is 0 Å². The van der Waals surface area contributed by atoms with Gasteiger partial charge in [0.15, 0.2) is 0 Å². The van der Waals surface area contributed by atoms with Crippen LogP contribution in [0.15, 0.2) is 52.9 Å². The van der Waals surface area contributed by atoms with Crippen molar-refractivity contribution in [2.45, 2.75) is 33.1 Å². The first-order chi connectivity index (χ1) is 16.9. The summed E-state index contributed by atoms with van der Waals surface area (Å²) in [6.45, 7) is 8.48. The molecule has 2 heterocycles. The third-order valence-corrected chi connectivity index (χ3v) is 6.14. The number of fused-ring (bicyclic) bond motifs is 1. The quantitative estimate of drug-likeness (QED) is 0.275. The van der Waals surface area contributed by atoms with Gasteiger partial charge in [0.2, 0.25) is 0 Å². The average Bonchev–Trinajstić information content (AvgIpc) is 2.88. The van der Waals surface area contributed by atoms with Crippen molar-refractivity contribution in [2.75, 3.05) is 38.2 Å². The van der Waals surface area contributed by atoms with Crippen LogP contribution in [-0.4, -0.2) is 38.4 Å². The van der Waals surface area contributed by atoms with Crippen LogP contribution in [0.5, 0.6) is 5.75 Å². The Morgan fingerprint density at radius 2 is 1.66 bits per heavy atom. The summed E-state index contributed by atoms with van der Waals surface area (Å²) in [4.78, 5) is 10.6. The van der Waals surface area contributed by atoms with Crippen molar-refractivity contribution in [1.29, 1.82) is 0 Å². The standard InChI is InChI=1S/C27H33N2O2.NO3/c1-4-28(5-2)23-13-16-25-22(12-9-21-10-14-24(30-3)15-11-21)19-27(31-26(25)20-23)29-17-7-6-8-18-29;2-1(3)4/h9-16,19-20H,4-8,17-18H2,1-3H3;/q+1;-1. The van der Waals surface area contributed by atoms with Gasteiger partial charge in [-0.15, -0.1) is 0 Å². The summed E-state index contributed by atoms with van der Waals surface area (Å²) in [5.41, 5.74) is 5.46. The highest BCUT2D eigenvalue weighted by Crippen LogP contribution is 2.25. The van der Waals surface area contributed by atoms with Crippen LogP contribution in [0.4, 0.5) is 5.69 Å². The van der Waals surface area contributed by atoms with E-state index >= 15 is 0 Å². The Balaban J connectivity index is 0.000000795. The van der Waals surface area contributed by atoms with E-state index in [1.807, 2.05) is 12.1 Å². The maximum atomic E-state index is 8.25. The molecule has 3 aromatic rings. The van der Waals surface area contributed by atoms with Gasteiger partial charge >= 0.3 is 5.55 Å². The number of hydrogen-bond donors (Lipinski definition) is 0. The van der Waals surface area contributed by atoms with Gasteiger partial charge in [-0.1, -0.05) is 24.3 Å². The largest absolute Gasteiger partial charge is 0.497 e. The fourth-order valence-electron chi connectivity index (χ4n) is 4.28. The van der Waals surface area contributed by atoms with Gasteiger partial charge in [0.05, 0.1) is 18.3 Å². The fourth-order valence-corrected chi connectivity index (χ4v) is 4.28. The minimum absolute atomic E-state index is 0.873. The highest BCUT2D eigenvalue weighted by molar-refractivity contribution is 5.91. The molecule has 0 aliphatic carbocycles. The number of hydrogen-bond acceptors (Lipinski definition) is 6. The van der Waals surface area contributed by atoms with Crippen molar-refractivity contribution in [2.24, 2.45) is 0 Å². The van der Waals surface area contributed by atoms with Crippen LogP contribution < -0.4 is 19.8 Å². The maximum Gasteiger partial charge on any atom is 0.368 e. The molecule has 8 nitrogen and oxygen atoms in total. The highest BCUT2D eigenvalue weighted by Gasteiger charge is 2.15. The topological polar surface area (TPSA) is 94.8 Å². The summed E-state index contributed by atoms with van der Waals surface area (Å²) in [6.07, 6.45) is 8.12. The van der Waals surface area contributed by atoms with E-state index in [0.717, 1.165) is 54.0 Å². The molecule has 1 aromatic heterocycles. The normalized spacial score (nSPS) is 13.4. The monoisotopic (exact) mass is 479 g/mol. The summed E-state index contributed by atoms with van der Waals surface area (Å²) in [6, 6.07) is 16.9. The lowest BCUT2D eigenvalue weighted by molar-refractivity contribution is -0.402. The van der Waals surface area contributed by atoms with Crippen LogP contribution in [0.25, 0.3) is 23.1 Å². The molecule has 0 unspecified atom stereocenters. The molecular weight excluding hydrogens is 446 g/mol. The van der Waals surface area contributed by atoms with Crippen LogP contribution in [0.1, 0.15) is 44.2 Å². The summed E-state index contributed by atoms with van der Waals surface area (Å²) in [5, 5.41) is 15.9. The molecule has 35 heavy (non-hydrogen) atoms. The van der Waals surface area contributed by atoms with Crippen LogP contribution in [0, 0.1) is 15.3 Å². The second kappa shape index (κ2) is 12.6. The predicted octanol–water partition coefficient (Wildman–Crippen LogP) is 5.18. The zero-order chi connectivity index (χ0) is 25.2. The second-order valence-electron chi connectivity index (χ2n) is 8.27. The van der Waals surface area contributed by atoms with Crippen LogP contribution in [-0.2, 0) is 0 Å². The first-order valence-electron chi connectivity index (χ1n) is 12.0. The molecule has 0 bridgehead atoms. The van der Waals surface area contributed by atoms with Crippen LogP contribution in [0.2, 0.25) is 0 Å². The molecule has 1 aliphatic rings. The van der Waals surface area contributed by atoms with E-state index in [2.05, 4.69) is 71.9 Å². The zero-order valence-corrected chi connectivity index (χ0v) is 20.6. The van der Waals surface area contributed by atoms with Gasteiger partial charge in [-0.2, -0.15) is 4.58 Å². The van der Waals surface area contributed by atoms with Crippen molar-refractivity contribution in [3.8, 4) is 5.75 Å². The minimum Gasteiger partial charge on any atom is -0.497 e. The number of anilines is 1. The Labute approximate surface area is 205 Å². The second-order valence-corrected chi connectivity index (χ2v) is 8.27. The van der Waals surface area contributed by atoms with Crippen molar-refractivity contribution in [3.05, 3.63) is 80.5 Å². The van der Waals surface area contributed by atoms with E-state index in [4.69, 9.17) is 24.5 Å².